The average molecular weight is 639 g/mol. The van der Waals surface area contributed by atoms with E-state index >= 15 is 0 Å². The molecule has 0 aromatic heterocycles. The molecule has 6 aromatic rings. The molecule has 0 amide bonds. The lowest BCUT2D eigenvalue weighted by Gasteiger charge is -2.16. The van der Waals surface area contributed by atoms with Gasteiger partial charge in [0.2, 0.25) is 5.75 Å². The maximum Gasteiger partial charge on any atom is 0.202 e. The van der Waals surface area contributed by atoms with Crippen LogP contribution in [0.5, 0.6) is 46.0 Å². The van der Waals surface area contributed by atoms with Crippen LogP contribution < -0.4 is 9.47 Å². The number of benzene rings is 6. The average Bonchev–Trinajstić information content (AvgIpc) is 3.08. The molecule has 0 atom stereocenters. The molecule has 0 saturated carbocycles. The van der Waals surface area contributed by atoms with Crippen molar-refractivity contribution < 1.29 is 29.9 Å². The zero-order valence-corrected chi connectivity index (χ0v) is 26.5. The predicted molar refractivity (Wildman–Crippen MR) is 188 cm³/mol. The third kappa shape index (κ3) is 8.89. The molecule has 0 radical (unpaired) electrons. The number of aryl methyl sites for hydroxylation is 6. The molecule has 0 unspecified atom stereocenters. The summed E-state index contributed by atoms with van der Waals surface area (Å²) in [5.41, 5.74) is 6.11. The zero-order chi connectivity index (χ0) is 33.3. The van der Waals surface area contributed by atoms with Gasteiger partial charge in [-0.2, -0.15) is 0 Å². The number of phenols is 4. The Labute approximate surface area is 280 Å². The second-order valence-corrected chi connectivity index (χ2v) is 11.9. The van der Waals surface area contributed by atoms with Crippen LogP contribution in [0.3, 0.4) is 0 Å². The third-order valence-corrected chi connectivity index (χ3v) is 8.19. The number of rotatable bonds is 13. The molecule has 6 rings (SSSR count). The highest BCUT2D eigenvalue weighted by Crippen LogP contribution is 2.42. The van der Waals surface area contributed by atoms with E-state index in [1.165, 1.54) is 0 Å². The molecule has 6 nitrogen and oxygen atoms in total. The molecule has 6 heteroatoms. The zero-order valence-electron chi connectivity index (χ0n) is 26.5. The van der Waals surface area contributed by atoms with Crippen LogP contribution in [0.1, 0.15) is 33.4 Å². The van der Waals surface area contributed by atoms with E-state index in [1.807, 2.05) is 97.1 Å². The summed E-state index contributed by atoms with van der Waals surface area (Å²) >= 11 is 0. The first-order chi connectivity index (χ1) is 23.4. The Morgan fingerprint density at radius 3 is 1.00 bits per heavy atom. The van der Waals surface area contributed by atoms with E-state index < -0.39 is 0 Å². The molecule has 6 aromatic carbocycles. The molecule has 0 heterocycles. The molecule has 0 bridgehead atoms. The standard InChI is InChI=1S/C42H38O6/c43-35-11-1-6-29(22-35)16-18-32-9-4-14-38(25-32)47-40-27-34(21-20-31-8-3-13-37(45)24-31)28-41(42(40)46)48-39-15-5-10-33(26-39)19-17-30-7-2-12-36(44)23-30/h1-15,22-28,43-46H,16-21H2. The largest absolute Gasteiger partial charge is 0.508 e. The van der Waals surface area contributed by atoms with Crippen LogP contribution in [-0.4, -0.2) is 20.4 Å². The van der Waals surface area contributed by atoms with Gasteiger partial charge >= 0.3 is 0 Å². The number of ether oxygens (including phenoxy) is 2. The summed E-state index contributed by atoms with van der Waals surface area (Å²) in [6.45, 7) is 0. The van der Waals surface area contributed by atoms with Crippen LogP contribution in [0.2, 0.25) is 0 Å². The van der Waals surface area contributed by atoms with Crippen molar-refractivity contribution in [1.82, 2.24) is 0 Å². The summed E-state index contributed by atoms with van der Waals surface area (Å²) in [6.07, 6.45) is 4.34. The van der Waals surface area contributed by atoms with E-state index in [0.29, 0.717) is 24.3 Å². The maximum atomic E-state index is 11.4. The van der Waals surface area contributed by atoms with Crippen molar-refractivity contribution in [2.75, 3.05) is 0 Å². The fourth-order valence-corrected chi connectivity index (χ4v) is 5.72. The molecule has 0 fully saturated rings. The molecule has 0 spiro atoms. The normalized spacial score (nSPS) is 10.9. The van der Waals surface area contributed by atoms with E-state index in [1.54, 1.807) is 36.4 Å². The topological polar surface area (TPSA) is 99.4 Å². The Morgan fingerprint density at radius 2 is 0.646 bits per heavy atom. The van der Waals surface area contributed by atoms with Crippen LogP contribution in [0.15, 0.2) is 133 Å². The van der Waals surface area contributed by atoms with Crippen molar-refractivity contribution in [3.05, 3.63) is 167 Å². The smallest absolute Gasteiger partial charge is 0.202 e. The molecule has 0 saturated heterocycles. The van der Waals surface area contributed by atoms with E-state index in [4.69, 9.17) is 9.47 Å². The Kier molecular flexibility index (Phi) is 10.1. The molecule has 4 N–H and O–H groups in total. The van der Waals surface area contributed by atoms with Gasteiger partial charge < -0.3 is 29.9 Å². The minimum Gasteiger partial charge on any atom is -0.508 e. The summed E-state index contributed by atoms with van der Waals surface area (Å²) in [5.74, 6) is 2.36. The first kappa shape index (κ1) is 32.1. The highest BCUT2D eigenvalue weighted by Gasteiger charge is 2.16. The van der Waals surface area contributed by atoms with Gasteiger partial charge in [0.05, 0.1) is 0 Å². The van der Waals surface area contributed by atoms with Gasteiger partial charge in [0.1, 0.15) is 28.7 Å². The number of aromatic hydroxyl groups is 4. The fourth-order valence-electron chi connectivity index (χ4n) is 5.72. The molecular weight excluding hydrogens is 600 g/mol. The van der Waals surface area contributed by atoms with Crippen LogP contribution in [0.4, 0.5) is 0 Å². The first-order valence-corrected chi connectivity index (χ1v) is 16.1. The van der Waals surface area contributed by atoms with Crippen molar-refractivity contribution >= 4 is 0 Å². The quantitative estimate of drug-likeness (QED) is 0.101. The summed E-state index contributed by atoms with van der Waals surface area (Å²) in [6, 6.07) is 40.9. The van der Waals surface area contributed by atoms with Crippen LogP contribution in [0, 0.1) is 0 Å². The Hall–Kier alpha value is -5.88. The van der Waals surface area contributed by atoms with Crippen molar-refractivity contribution in [1.29, 1.82) is 0 Å². The second kappa shape index (κ2) is 15.1. The summed E-state index contributed by atoms with van der Waals surface area (Å²) < 4.78 is 12.6. The molecule has 0 aliphatic carbocycles. The van der Waals surface area contributed by atoms with Crippen molar-refractivity contribution in [2.24, 2.45) is 0 Å². The van der Waals surface area contributed by atoms with Gasteiger partial charge in [0, 0.05) is 0 Å². The van der Waals surface area contributed by atoms with Crippen LogP contribution in [-0.2, 0) is 38.5 Å². The number of hydrogen-bond donors (Lipinski definition) is 4. The van der Waals surface area contributed by atoms with Crippen molar-refractivity contribution in [3.8, 4) is 46.0 Å². The highest BCUT2D eigenvalue weighted by molar-refractivity contribution is 5.56. The van der Waals surface area contributed by atoms with Crippen LogP contribution >= 0.6 is 0 Å². The monoisotopic (exact) mass is 638 g/mol. The third-order valence-electron chi connectivity index (χ3n) is 8.19. The maximum absolute atomic E-state index is 11.4. The lowest BCUT2D eigenvalue weighted by atomic mass is 10.0. The first-order valence-electron chi connectivity index (χ1n) is 16.1. The summed E-state index contributed by atoms with van der Waals surface area (Å²) in [4.78, 5) is 0. The van der Waals surface area contributed by atoms with E-state index in [-0.39, 0.29) is 34.5 Å². The van der Waals surface area contributed by atoms with Gasteiger partial charge in [0.15, 0.2) is 11.5 Å². The van der Waals surface area contributed by atoms with Gasteiger partial charge in [0.25, 0.3) is 0 Å². The van der Waals surface area contributed by atoms with Crippen molar-refractivity contribution in [2.45, 2.75) is 38.5 Å². The molecular formula is C42H38O6. The van der Waals surface area contributed by atoms with E-state index in [9.17, 15) is 20.4 Å². The van der Waals surface area contributed by atoms with E-state index in [0.717, 1.165) is 59.1 Å². The highest BCUT2D eigenvalue weighted by atomic mass is 16.5. The van der Waals surface area contributed by atoms with Gasteiger partial charge in [-0.25, -0.2) is 0 Å². The minimum atomic E-state index is -0.105. The fraction of sp³-hybridized carbons (Fsp3) is 0.143. The molecule has 0 aliphatic rings. The Bertz CT molecular complexity index is 1880. The predicted octanol–water partition coefficient (Wildman–Crippen LogP) is 9.45. The van der Waals surface area contributed by atoms with E-state index in [2.05, 4.69) is 0 Å². The molecule has 242 valence electrons. The minimum absolute atomic E-state index is 0.105. The summed E-state index contributed by atoms with van der Waals surface area (Å²) in [7, 11) is 0. The second-order valence-electron chi connectivity index (χ2n) is 11.9. The van der Waals surface area contributed by atoms with Gasteiger partial charge in [-0.3, -0.25) is 0 Å². The molecule has 0 aliphatic heterocycles. The lowest BCUT2D eigenvalue weighted by Crippen LogP contribution is -1.97. The number of hydrogen-bond acceptors (Lipinski definition) is 6. The van der Waals surface area contributed by atoms with Gasteiger partial charge in [-0.05, 0) is 145 Å². The van der Waals surface area contributed by atoms with Crippen molar-refractivity contribution in [3.63, 3.8) is 0 Å². The van der Waals surface area contributed by atoms with Crippen LogP contribution in [0.25, 0.3) is 0 Å². The Morgan fingerprint density at radius 1 is 0.333 bits per heavy atom. The van der Waals surface area contributed by atoms with Gasteiger partial charge in [-0.15, -0.1) is 0 Å². The Balaban J connectivity index is 1.23. The number of phenolic OH excluding ortho intramolecular Hbond substituents is 4. The van der Waals surface area contributed by atoms with Gasteiger partial charge in [-0.1, -0.05) is 60.7 Å². The lowest BCUT2D eigenvalue weighted by molar-refractivity contribution is 0.377. The molecule has 48 heavy (non-hydrogen) atoms. The summed E-state index contributed by atoms with van der Waals surface area (Å²) in [5, 5.41) is 41.0. The SMILES string of the molecule is Oc1cccc(CCc2cccc(Oc3cc(CCc4cccc(O)c4)cc(Oc4cccc(CCc5cccc(O)c5)c4)c3O)c2)c1.